The molecule has 90 valence electrons. The third-order valence-electron chi connectivity index (χ3n) is 2.55. The summed E-state index contributed by atoms with van der Waals surface area (Å²) < 4.78 is 5.01. The number of hydrogen-bond donors (Lipinski definition) is 2. The Kier molecular flexibility index (Phi) is 2.30. The maximum absolute atomic E-state index is 5.66. The van der Waals surface area contributed by atoms with E-state index >= 15 is 0 Å². The fourth-order valence-corrected chi connectivity index (χ4v) is 1.71. The number of methoxy groups -OCH3 is 1. The molecule has 18 heavy (non-hydrogen) atoms. The predicted molar refractivity (Wildman–Crippen MR) is 65.9 cm³/mol. The SMILES string of the molecule is COc1ccc(-c2nc(N)nc3[nH]ncc23)cn1. The van der Waals surface area contributed by atoms with Gasteiger partial charge in [-0.3, -0.25) is 5.10 Å². The second-order valence-corrected chi connectivity index (χ2v) is 3.65. The van der Waals surface area contributed by atoms with Gasteiger partial charge in [0.15, 0.2) is 5.65 Å². The van der Waals surface area contributed by atoms with Crippen molar-refractivity contribution in [3.8, 4) is 17.1 Å². The van der Waals surface area contributed by atoms with Crippen molar-refractivity contribution < 1.29 is 4.74 Å². The highest BCUT2D eigenvalue weighted by molar-refractivity contribution is 5.90. The van der Waals surface area contributed by atoms with Gasteiger partial charge in [0.2, 0.25) is 11.8 Å². The molecule has 0 aromatic carbocycles. The van der Waals surface area contributed by atoms with Crippen LogP contribution in [0.2, 0.25) is 0 Å². The highest BCUT2D eigenvalue weighted by atomic mass is 16.5. The largest absolute Gasteiger partial charge is 0.481 e. The van der Waals surface area contributed by atoms with Crippen molar-refractivity contribution >= 4 is 17.0 Å². The summed E-state index contributed by atoms with van der Waals surface area (Å²) in [4.78, 5) is 12.4. The van der Waals surface area contributed by atoms with E-state index in [-0.39, 0.29) is 5.95 Å². The normalized spacial score (nSPS) is 10.7. The maximum Gasteiger partial charge on any atom is 0.222 e. The van der Waals surface area contributed by atoms with Crippen molar-refractivity contribution in [2.45, 2.75) is 0 Å². The molecule has 3 heterocycles. The Balaban J connectivity index is 2.20. The number of nitrogens with zero attached hydrogens (tertiary/aromatic N) is 4. The van der Waals surface area contributed by atoms with Crippen LogP contribution in [0.4, 0.5) is 5.95 Å². The molecule has 0 aliphatic rings. The van der Waals surface area contributed by atoms with Crippen LogP contribution in [0, 0.1) is 0 Å². The number of ether oxygens (including phenoxy) is 1. The van der Waals surface area contributed by atoms with Crippen LogP contribution >= 0.6 is 0 Å². The number of nitrogen functional groups attached to an aromatic ring is 1. The Hall–Kier alpha value is -2.70. The van der Waals surface area contributed by atoms with E-state index in [4.69, 9.17) is 10.5 Å². The molecule has 3 N–H and O–H groups in total. The van der Waals surface area contributed by atoms with Crippen molar-refractivity contribution in [1.82, 2.24) is 25.1 Å². The lowest BCUT2D eigenvalue weighted by atomic mass is 10.1. The van der Waals surface area contributed by atoms with E-state index in [2.05, 4.69) is 25.1 Å². The van der Waals surface area contributed by atoms with Crippen LogP contribution in [-0.4, -0.2) is 32.3 Å². The van der Waals surface area contributed by atoms with Crippen molar-refractivity contribution in [3.63, 3.8) is 0 Å². The lowest BCUT2D eigenvalue weighted by molar-refractivity contribution is 0.398. The van der Waals surface area contributed by atoms with Gasteiger partial charge < -0.3 is 10.5 Å². The first-order chi connectivity index (χ1) is 8.78. The molecule has 0 radical (unpaired) electrons. The van der Waals surface area contributed by atoms with Gasteiger partial charge in [-0.25, -0.2) is 9.97 Å². The molecule has 3 rings (SSSR count). The van der Waals surface area contributed by atoms with Crippen LogP contribution in [0.25, 0.3) is 22.3 Å². The third kappa shape index (κ3) is 1.61. The molecular weight excluding hydrogens is 232 g/mol. The Bertz CT molecular complexity index is 690. The van der Waals surface area contributed by atoms with Crippen LogP contribution in [0.3, 0.4) is 0 Å². The van der Waals surface area contributed by atoms with E-state index < -0.39 is 0 Å². The van der Waals surface area contributed by atoms with Crippen molar-refractivity contribution in [2.75, 3.05) is 12.8 Å². The summed E-state index contributed by atoms with van der Waals surface area (Å²) in [7, 11) is 1.57. The van der Waals surface area contributed by atoms with Gasteiger partial charge in [0.05, 0.1) is 24.4 Å². The average molecular weight is 242 g/mol. The number of nitrogens with one attached hydrogen (secondary N) is 1. The summed E-state index contributed by atoms with van der Waals surface area (Å²) in [5.74, 6) is 0.738. The molecule has 3 aromatic rings. The van der Waals surface area contributed by atoms with Gasteiger partial charge in [-0.2, -0.15) is 10.1 Å². The average Bonchev–Trinajstić information content (AvgIpc) is 2.86. The molecule has 0 aliphatic carbocycles. The number of hydrogen-bond acceptors (Lipinski definition) is 6. The molecule has 0 aliphatic heterocycles. The first kappa shape index (κ1) is 10.5. The smallest absolute Gasteiger partial charge is 0.222 e. The maximum atomic E-state index is 5.66. The number of aromatic nitrogens is 5. The van der Waals surface area contributed by atoms with E-state index in [0.29, 0.717) is 17.2 Å². The number of aromatic amines is 1. The molecule has 3 aromatic heterocycles. The second-order valence-electron chi connectivity index (χ2n) is 3.65. The third-order valence-corrected chi connectivity index (χ3v) is 2.55. The minimum atomic E-state index is 0.192. The highest BCUT2D eigenvalue weighted by Gasteiger charge is 2.10. The molecular formula is C11H10N6O. The lowest BCUT2D eigenvalue weighted by Gasteiger charge is -2.04. The van der Waals surface area contributed by atoms with E-state index in [1.54, 1.807) is 25.6 Å². The second kappa shape index (κ2) is 3.95. The van der Waals surface area contributed by atoms with Crippen LogP contribution in [0.1, 0.15) is 0 Å². The molecule has 0 atom stereocenters. The number of H-pyrrole nitrogens is 1. The predicted octanol–water partition coefficient (Wildman–Crippen LogP) is 1.01. The molecule has 0 unspecified atom stereocenters. The van der Waals surface area contributed by atoms with Gasteiger partial charge in [0.25, 0.3) is 0 Å². The van der Waals surface area contributed by atoms with Crippen LogP contribution in [0.5, 0.6) is 5.88 Å². The fraction of sp³-hybridized carbons (Fsp3) is 0.0909. The number of rotatable bonds is 2. The topological polar surface area (TPSA) is 103 Å². The first-order valence-corrected chi connectivity index (χ1v) is 5.25. The number of anilines is 1. The quantitative estimate of drug-likeness (QED) is 0.695. The van der Waals surface area contributed by atoms with Gasteiger partial charge in [-0.1, -0.05) is 0 Å². The molecule has 0 saturated carbocycles. The zero-order valence-corrected chi connectivity index (χ0v) is 9.58. The summed E-state index contributed by atoms with van der Waals surface area (Å²) in [5.41, 5.74) is 7.79. The van der Waals surface area contributed by atoms with Crippen molar-refractivity contribution in [2.24, 2.45) is 0 Å². The van der Waals surface area contributed by atoms with Crippen molar-refractivity contribution in [1.29, 1.82) is 0 Å². The van der Waals surface area contributed by atoms with Gasteiger partial charge >= 0.3 is 0 Å². The summed E-state index contributed by atoms with van der Waals surface area (Å²) in [6.45, 7) is 0. The molecule has 0 bridgehead atoms. The lowest BCUT2D eigenvalue weighted by Crippen LogP contribution is -1.97. The minimum Gasteiger partial charge on any atom is -0.481 e. The molecule has 7 heteroatoms. The summed E-state index contributed by atoms with van der Waals surface area (Å²) in [6.07, 6.45) is 3.33. The van der Waals surface area contributed by atoms with Gasteiger partial charge in [-0.05, 0) is 6.07 Å². The van der Waals surface area contributed by atoms with Gasteiger partial charge in [0, 0.05) is 17.8 Å². The highest BCUT2D eigenvalue weighted by Crippen LogP contribution is 2.25. The Labute approximate surface area is 102 Å². The van der Waals surface area contributed by atoms with E-state index in [1.165, 1.54) is 0 Å². The number of pyridine rings is 1. The zero-order valence-electron chi connectivity index (χ0n) is 9.58. The van der Waals surface area contributed by atoms with Gasteiger partial charge in [0.1, 0.15) is 0 Å². The van der Waals surface area contributed by atoms with Crippen LogP contribution in [0.15, 0.2) is 24.5 Å². The van der Waals surface area contributed by atoms with E-state index in [0.717, 1.165) is 10.9 Å². The van der Waals surface area contributed by atoms with Crippen molar-refractivity contribution in [3.05, 3.63) is 24.5 Å². The molecule has 7 nitrogen and oxygen atoms in total. The first-order valence-electron chi connectivity index (χ1n) is 5.25. The van der Waals surface area contributed by atoms with E-state index in [9.17, 15) is 0 Å². The van der Waals surface area contributed by atoms with E-state index in [1.807, 2.05) is 6.07 Å². The molecule has 0 fully saturated rings. The Morgan fingerprint density at radius 1 is 1.22 bits per heavy atom. The Morgan fingerprint density at radius 2 is 2.11 bits per heavy atom. The monoisotopic (exact) mass is 242 g/mol. The standard InChI is InChI=1S/C11H10N6O/c1-18-8-3-2-6(4-13-8)9-7-5-14-17-10(7)16-11(12)15-9/h2-5H,1H3,(H3,12,14,15,16,17). The molecule has 0 saturated heterocycles. The number of nitrogens with two attached hydrogens (primary N) is 1. The van der Waals surface area contributed by atoms with Crippen LogP contribution < -0.4 is 10.5 Å². The molecule has 0 spiro atoms. The van der Waals surface area contributed by atoms with Crippen LogP contribution in [-0.2, 0) is 0 Å². The molecule has 0 amide bonds. The summed E-state index contributed by atoms with van der Waals surface area (Å²) >= 11 is 0. The minimum absolute atomic E-state index is 0.192. The Morgan fingerprint density at radius 3 is 2.83 bits per heavy atom. The fourth-order valence-electron chi connectivity index (χ4n) is 1.71. The summed E-state index contributed by atoms with van der Waals surface area (Å²) in [5, 5.41) is 7.50. The number of fused-ring (bicyclic) bond motifs is 1. The van der Waals surface area contributed by atoms with Gasteiger partial charge in [-0.15, -0.1) is 0 Å². The summed E-state index contributed by atoms with van der Waals surface area (Å²) in [6, 6.07) is 3.62. The zero-order chi connectivity index (χ0) is 12.5.